The molecule has 2 heterocycles. The summed E-state index contributed by atoms with van der Waals surface area (Å²) >= 11 is 0. The molecule has 106 valence electrons. The Kier molecular flexibility index (Phi) is 3.35. The smallest absolute Gasteiger partial charge is 0.221 e. The number of pyridine rings is 1. The molecule has 6 nitrogen and oxygen atoms in total. The van der Waals surface area contributed by atoms with Crippen molar-refractivity contribution in [3.8, 4) is 0 Å². The molecule has 21 heavy (non-hydrogen) atoms. The molecule has 6 heteroatoms. The van der Waals surface area contributed by atoms with Crippen LogP contribution in [0.2, 0.25) is 0 Å². The number of carbonyl (C=O) groups excluding carboxylic acids is 1. The Bertz CT molecular complexity index is 768. The van der Waals surface area contributed by atoms with E-state index in [-0.39, 0.29) is 5.91 Å². The number of hydrogen-bond donors (Lipinski definition) is 0. The second-order valence-corrected chi connectivity index (χ2v) is 4.78. The topological polar surface area (TPSA) is 63.9 Å². The number of hydrogen-bond acceptors (Lipinski definition) is 4. The highest BCUT2D eigenvalue weighted by molar-refractivity contribution is 5.76. The predicted molar refractivity (Wildman–Crippen MR) is 78.3 cm³/mol. The van der Waals surface area contributed by atoms with E-state index in [1.807, 2.05) is 42.5 Å². The van der Waals surface area contributed by atoms with Gasteiger partial charge < -0.3 is 4.90 Å². The molecule has 1 atom stereocenters. The van der Waals surface area contributed by atoms with Crippen molar-refractivity contribution < 1.29 is 4.79 Å². The first kappa shape index (κ1) is 13.2. The van der Waals surface area contributed by atoms with Gasteiger partial charge in [0.05, 0.1) is 11.2 Å². The zero-order chi connectivity index (χ0) is 14.8. The van der Waals surface area contributed by atoms with E-state index in [1.54, 1.807) is 22.8 Å². The van der Waals surface area contributed by atoms with Gasteiger partial charge in [0, 0.05) is 20.2 Å². The number of aromatic nitrogens is 4. The third-order valence-corrected chi connectivity index (χ3v) is 3.42. The van der Waals surface area contributed by atoms with Crippen LogP contribution in [0.25, 0.3) is 11.0 Å². The minimum Gasteiger partial charge on any atom is -0.319 e. The molecule has 0 spiro atoms. The number of para-hydroxylation sites is 1. The third-order valence-electron chi connectivity index (χ3n) is 3.42. The van der Waals surface area contributed by atoms with Gasteiger partial charge in [-0.1, -0.05) is 23.4 Å². The molecule has 0 saturated carbocycles. The molecule has 2 aromatic heterocycles. The molecular weight excluding hydrogens is 266 g/mol. The Labute approximate surface area is 122 Å². The second-order valence-electron chi connectivity index (χ2n) is 4.78. The molecule has 1 amide bonds. The van der Waals surface area contributed by atoms with E-state index in [4.69, 9.17) is 0 Å². The SMILES string of the molecule is CC(=O)N(C)C(c1ccccn1)n1nnc2ccccc21. The number of carbonyl (C=O) groups is 1. The van der Waals surface area contributed by atoms with E-state index < -0.39 is 6.17 Å². The molecule has 0 aliphatic heterocycles. The maximum absolute atomic E-state index is 11.8. The molecule has 0 aliphatic rings. The molecule has 3 rings (SSSR count). The highest BCUT2D eigenvalue weighted by Gasteiger charge is 2.25. The van der Waals surface area contributed by atoms with Crippen molar-refractivity contribution in [2.45, 2.75) is 13.1 Å². The predicted octanol–water partition coefficient (Wildman–Crippen LogP) is 1.85. The lowest BCUT2D eigenvalue weighted by Crippen LogP contribution is -2.35. The highest BCUT2D eigenvalue weighted by Crippen LogP contribution is 2.23. The van der Waals surface area contributed by atoms with Crippen LogP contribution >= 0.6 is 0 Å². The maximum atomic E-state index is 11.8. The van der Waals surface area contributed by atoms with Crippen molar-refractivity contribution in [1.29, 1.82) is 0 Å². The zero-order valence-electron chi connectivity index (χ0n) is 11.8. The van der Waals surface area contributed by atoms with Crippen molar-refractivity contribution >= 4 is 16.9 Å². The van der Waals surface area contributed by atoms with Crippen LogP contribution in [0.5, 0.6) is 0 Å². The molecule has 0 radical (unpaired) electrons. The summed E-state index contributed by atoms with van der Waals surface area (Å²) in [6, 6.07) is 13.3. The van der Waals surface area contributed by atoms with Gasteiger partial charge in [-0.15, -0.1) is 5.10 Å². The Hall–Kier alpha value is -2.76. The first-order valence-electron chi connectivity index (χ1n) is 6.63. The molecule has 3 aromatic rings. The summed E-state index contributed by atoms with van der Waals surface area (Å²) < 4.78 is 1.72. The summed E-state index contributed by atoms with van der Waals surface area (Å²) in [5.41, 5.74) is 2.39. The number of nitrogens with zero attached hydrogens (tertiary/aromatic N) is 5. The molecule has 0 saturated heterocycles. The van der Waals surface area contributed by atoms with Crippen LogP contribution in [0.1, 0.15) is 18.8 Å². The van der Waals surface area contributed by atoms with Gasteiger partial charge in [0.2, 0.25) is 5.91 Å². The van der Waals surface area contributed by atoms with Crippen LogP contribution in [-0.2, 0) is 4.79 Å². The van der Waals surface area contributed by atoms with Gasteiger partial charge in [0.1, 0.15) is 5.52 Å². The fraction of sp³-hybridized carbons (Fsp3) is 0.200. The minimum atomic E-state index is -0.420. The van der Waals surface area contributed by atoms with Crippen LogP contribution in [0.4, 0.5) is 0 Å². The lowest BCUT2D eigenvalue weighted by atomic mass is 10.2. The highest BCUT2D eigenvalue weighted by atomic mass is 16.2. The maximum Gasteiger partial charge on any atom is 0.221 e. The van der Waals surface area contributed by atoms with Crippen LogP contribution in [0.3, 0.4) is 0 Å². The van der Waals surface area contributed by atoms with Gasteiger partial charge in [-0.3, -0.25) is 9.78 Å². The number of rotatable bonds is 3. The average molecular weight is 281 g/mol. The van der Waals surface area contributed by atoms with E-state index in [9.17, 15) is 4.79 Å². The lowest BCUT2D eigenvalue weighted by molar-refractivity contribution is -0.130. The zero-order valence-corrected chi connectivity index (χ0v) is 11.8. The third kappa shape index (κ3) is 2.35. The van der Waals surface area contributed by atoms with Crippen LogP contribution in [-0.4, -0.2) is 37.8 Å². The lowest BCUT2D eigenvalue weighted by Gasteiger charge is -2.27. The summed E-state index contributed by atoms with van der Waals surface area (Å²) in [5, 5.41) is 8.36. The Morgan fingerprint density at radius 1 is 1.19 bits per heavy atom. The van der Waals surface area contributed by atoms with Gasteiger partial charge in [-0.2, -0.15) is 0 Å². The number of benzene rings is 1. The van der Waals surface area contributed by atoms with E-state index in [0.717, 1.165) is 16.7 Å². The van der Waals surface area contributed by atoms with Crippen molar-refractivity contribution in [2.24, 2.45) is 0 Å². The standard InChI is InChI=1S/C15H15N5O/c1-11(21)19(2)15(13-8-5-6-10-16-13)20-14-9-4-3-7-12(14)17-18-20/h3-10,15H,1-2H3. The molecule has 0 N–H and O–H groups in total. The minimum absolute atomic E-state index is 0.0646. The van der Waals surface area contributed by atoms with E-state index >= 15 is 0 Å². The molecule has 0 fully saturated rings. The summed E-state index contributed by atoms with van der Waals surface area (Å²) in [5.74, 6) is -0.0646. The van der Waals surface area contributed by atoms with E-state index in [2.05, 4.69) is 15.3 Å². The first-order chi connectivity index (χ1) is 10.2. The quantitative estimate of drug-likeness (QED) is 0.735. The largest absolute Gasteiger partial charge is 0.319 e. The first-order valence-corrected chi connectivity index (χ1v) is 6.63. The summed E-state index contributed by atoms with van der Waals surface area (Å²) in [6.45, 7) is 1.52. The summed E-state index contributed by atoms with van der Waals surface area (Å²) in [7, 11) is 1.73. The molecule has 1 aromatic carbocycles. The summed E-state index contributed by atoms with van der Waals surface area (Å²) in [6.07, 6.45) is 1.28. The van der Waals surface area contributed by atoms with Gasteiger partial charge >= 0.3 is 0 Å². The molecular formula is C15H15N5O. The van der Waals surface area contributed by atoms with E-state index in [0.29, 0.717) is 0 Å². The average Bonchev–Trinajstić information content (AvgIpc) is 2.93. The molecule has 1 unspecified atom stereocenters. The van der Waals surface area contributed by atoms with Gasteiger partial charge in [0.25, 0.3) is 0 Å². The van der Waals surface area contributed by atoms with Crippen molar-refractivity contribution in [1.82, 2.24) is 24.9 Å². The van der Waals surface area contributed by atoms with Crippen LogP contribution < -0.4 is 0 Å². The van der Waals surface area contributed by atoms with Gasteiger partial charge in [0.15, 0.2) is 6.17 Å². The normalized spacial score (nSPS) is 12.3. The fourth-order valence-electron chi connectivity index (χ4n) is 2.26. The number of amides is 1. The van der Waals surface area contributed by atoms with Crippen molar-refractivity contribution in [3.63, 3.8) is 0 Å². The number of fused-ring (bicyclic) bond motifs is 1. The second kappa shape index (κ2) is 5.32. The van der Waals surface area contributed by atoms with Gasteiger partial charge in [-0.25, -0.2) is 4.68 Å². The Balaban J connectivity index is 2.18. The monoisotopic (exact) mass is 281 g/mol. The van der Waals surface area contributed by atoms with Crippen LogP contribution in [0, 0.1) is 0 Å². The Morgan fingerprint density at radius 2 is 1.95 bits per heavy atom. The Morgan fingerprint density at radius 3 is 2.67 bits per heavy atom. The van der Waals surface area contributed by atoms with Crippen molar-refractivity contribution in [3.05, 3.63) is 54.4 Å². The molecule has 0 bridgehead atoms. The van der Waals surface area contributed by atoms with Gasteiger partial charge in [-0.05, 0) is 24.3 Å². The molecule has 0 aliphatic carbocycles. The fourth-order valence-corrected chi connectivity index (χ4v) is 2.26. The van der Waals surface area contributed by atoms with E-state index in [1.165, 1.54) is 6.92 Å². The van der Waals surface area contributed by atoms with Crippen LogP contribution in [0.15, 0.2) is 48.7 Å². The van der Waals surface area contributed by atoms with Crippen molar-refractivity contribution in [2.75, 3.05) is 7.05 Å². The summed E-state index contributed by atoms with van der Waals surface area (Å²) in [4.78, 5) is 17.8.